The predicted octanol–water partition coefficient (Wildman–Crippen LogP) is 1.48. The van der Waals surface area contributed by atoms with E-state index in [-0.39, 0.29) is 11.8 Å². The molecule has 1 amide bonds. The van der Waals surface area contributed by atoms with E-state index in [0.717, 1.165) is 25.9 Å². The van der Waals surface area contributed by atoms with Crippen molar-refractivity contribution in [1.29, 1.82) is 0 Å². The summed E-state index contributed by atoms with van der Waals surface area (Å²) in [6.45, 7) is 8.82. The Morgan fingerprint density at radius 1 is 1.53 bits per heavy atom. The molecule has 0 aromatic carbocycles. The summed E-state index contributed by atoms with van der Waals surface area (Å²) >= 11 is 0. The highest BCUT2D eigenvalue weighted by Crippen LogP contribution is 2.20. The lowest BCUT2D eigenvalue weighted by Gasteiger charge is -2.23. The van der Waals surface area contributed by atoms with E-state index in [1.54, 1.807) is 0 Å². The first-order valence-corrected chi connectivity index (χ1v) is 6.03. The number of rotatable bonds is 4. The lowest BCUT2D eigenvalue weighted by Crippen LogP contribution is -2.38. The van der Waals surface area contributed by atoms with Gasteiger partial charge in [0.15, 0.2) is 0 Å². The molecule has 0 bridgehead atoms. The van der Waals surface area contributed by atoms with Gasteiger partial charge in [-0.25, -0.2) is 0 Å². The third kappa shape index (κ3) is 3.49. The van der Waals surface area contributed by atoms with Crippen molar-refractivity contribution in [2.75, 3.05) is 19.6 Å². The van der Waals surface area contributed by atoms with Gasteiger partial charge in [0.1, 0.15) is 0 Å². The molecule has 1 heterocycles. The fourth-order valence-electron chi connectivity index (χ4n) is 2.26. The number of carbonyl (C=O) groups is 1. The third-order valence-electron chi connectivity index (χ3n) is 3.13. The van der Waals surface area contributed by atoms with Crippen LogP contribution in [0.5, 0.6) is 0 Å². The Balaban J connectivity index is 2.49. The van der Waals surface area contributed by atoms with Gasteiger partial charge in [-0.15, -0.1) is 0 Å². The van der Waals surface area contributed by atoms with Crippen LogP contribution in [0.15, 0.2) is 0 Å². The molecule has 15 heavy (non-hydrogen) atoms. The number of nitrogens with zero attached hydrogens (tertiary/aromatic N) is 1. The Labute approximate surface area is 93.0 Å². The summed E-state index contributed by atoms with van der Waals surface area (Å²) in [7, 11) is 0. The van der Waals surface area contributed by atoms with Crippen LogP contribution in [0.3, 0.4) is 0 Å². The van der Waals surface area contributed by atoms with Crippen LogP contribution in [0.25, 0.3) is 0 Å². The monoisotopic (exact) mass is 212 g/mol. The maximum absolute atomic E-state index is 12.1. The molecule has 0 spiro atoms. The Morgan fingerprint density at radius 3 is 2.60 bits per heavy atom. The van der Waals surface area contributed by atoms with Crippen LogP contribution in [0, 0.1) is 17.8 Å². The van der Waals surface area contributed by atoms with Gasteiger partial charge in [-0.05, 0) is 24.7 Å². The SMILES string of the molecule is CC(C)CC(CN)C(=O)N1CCC(C)C1. The van der Waals surface area contributed by atoms with Gasteiger partial charge in [0.05, 0.1) is 5.92 Å². The van der Waals surface area contributed by atoms with E-state index in [1.807, 2.05) is 4.90 Å². The summed E-state index contributed by atoms with van der Waals surface area (Å²) in [6.07, 6.45) is 2.06. The summed E-state index contributed by atoms with van der Waals surface area (Å²) in [5, 5.41) is 0. The first-order chi connectivity index (χ1) is 7.04. The van der Waals surface area contributed by atoms with Crippen molar-refractivity contribution in [1.82, 2.24) is 4.90 Å². The zero-order valence-electron chi connectivity index (χ0n) is 10.2. The average Bonchev–Trinajstić information content (AvgIpc) is 2.60. The van der Waals surface area contributed by atoms with Crippen LogP contribution in [-0.2, 0) is 4.79 Å². The van der Waals surface area contributed by atoms with E-state index in [2.05, 4.69) is 20.8 Å². The summed E-state index contributed by atoms with van der Waals surface area (Å²) in [4.78, 5) is 14.1. The highest BCUT2D eigenvalue weighted by molar-refractivity contribution is 5.79. The molecular weight excluding hydrogens is 188 g/mol. The Bertz CT molecular complexity index is 216. The summed E-state index contributed by atoms with van der Waals surface area (Å²) in [5.41, 5.74) is 5.68. The van der Waals surface area contributed by atoms with E-state index < -0.39 is 0 Å². The zero-order chi connectivity index (χ0) is 11.4. The molecule has 0 aliphatic carbocycles. The molecule has 2 atom stereocenters. The van der Waals surface area contributed by atoms with Crippen LogP contribution < -0.4 is 5.73 Å². The van der Waals surface area contributed by atoms with E-state index >= 15 is 0 Å². The third-order valence-corrected chi connectivity index (χ3v) is 3.13. The molecule has 0 radical (unpaired) electrons. The molecular formula is C12H24N2O. The van der Waals surface area contributed by atoms with Crippen molar-refractivity contribution in [2.45, 2.75) is 33.6 Å². The second-order valence-electron chi connectivity index (χ2n) is 5.24. The predicted molar refractivity (Wildman–Crippen MR) is 62.4 cm³/mol. The van der Waals surface area contributed by atoms with E-state index in [0.29, 0.717) is 18.4 Å². The standard InChI is InChI=1S/C12H24N2O/c1-9(2)6-11(7-13)12(15)14-5-4-10(3)8-14/h9-11H,4-8,13H2,1-3H3. The smallest absolute Gasteiger partial charge is 0.226 e. The van der Waals surface area contributed by atoms with Crippen molar-refractivity contribution in [3.8, 4) is 0 Å². The lowest BCUT2D eigenvalue weighted by molar-refractivity contribution is -0.134. The van der Waals surface area contributed by atoms with Crippen LogP contribution in [0.2, 0.25) is 0 Å². The second kappa shape index (κ2) is 5.50. The van der Waals surface area contributed by atoms with Crippen molar-refractivity contribution < 1.29 is 4.79 Å². The van der Waals surface area contributed by atoms with Gasteiger partial charge in [-0.3, -0.25) is 4.79 Å². The molecule has 3 nitrogen and oxygen atoms in total. The summed E-state index contributed by atoms with van der Waals surface area (Å²) in [5.74, 6) is 1.51. The number of carbonyl (C=O) groups excluding carboxylic acids is 1. The van der Waals surface area contributed by atoms with E-state index in [1.165, 1.54) is 0 Å². The quantitative estimate of drug-likeness (QED) is 0.767. The van der Waals surface area contributed by atoms with Crippen LogP contribution >= 0.6 is 0 Å². The van der Waals surface area contributed by atoms with Crippen molar-refractivity contribution in [3.05, 3.63) is 0 Å². The first-order valence-electron chi connectivity index (χ1n) is 6.03. The van der Waals surface area contributed by atoms with Crippen LogP contribution in [0.4, 0.5) is 0 Å². The van der Waals surface area contributed by atoms with Gasteiger partial charge >= 0.3 is 0 Å². The van der Waals surface area contributed by atoms with Gasteiger partial charge in [-0.2, -0.15) is 0 Å². The minimum atomic E-state index is 0.0373. The molecule has 1 aliphatic rings. The highest BCUT2D eigenvalue weighted by Gasteiger charge is 2.28. The van der Waals surface area contributed by atoms with Crippen LogP contribution in [0.1, 0.15) is 33.6 Å². The largest absolute Gasteiger partial charge is 0.342 e. The minimum absolute atomic E-state index is 0.0373. The van der Waals surface area contributed by atoms with Gasteiger partial charge in [0.2, 0.25) is 5.91 Å². The van der Waals surface area contributed by atoms with Gasteiger partial charge in [-0.1, -0.05) is 20.8 Å². The van der Waals surface area contributed by atoms with Gasteiger partial charge in [0, 0.05) is 19.6 Å². The number of nitrogens with two attached hydrogens (primary N) is 1. The van der Waals surface area contributed by atoms with Crippen LogP contribution in [-0.4, -0.2) is 30.4 Å². The molecule has 1 aliphatic heterocycles. The topological polar surface area (TPSA) is 46.3 Å². The fourth-order valence-corrected chi connectivity index (χ4v) is 2.26. The molecule has 1 saturated heterocycles. The van der Waals surface area contributed by atoms with Crippen molar-refractivity contribution in [2.24, 2.45) is 23.5 Å². The number of likely N-dealkylation sites (tertiary alicyclic amines) is 1. The Morgan fingerprint density at radius 2 is 2.20 bits per heavy atom. The molecule has 88 valence electrons. The molecule has 3 heteroatoms. The average molecular weight is 212 g/mol. The lowest BCUT2D eigenvalue weighted by atomic mass is 9.96. The minimum Gasteiger partial charge on any atom is -0.342 e. The van der Waals surface area contributed by atoms with Gasteiger partial charge in [0.25, 0.3) is 0 Å². The molecule has 1 rings (SSSR count). The maximum atomic E-state index is 12.1. The van der Waals surface area contributed by atoms with E-state index in [9.17, 15) is 4.79 Å². The molecule has 0 saturated carbocycles. The normalized spacial score (nSPS) is 23.5. The number of hydrogen-bond acceptors (Lipinski definition) is 2. The summed E-state index contributed by atoms with van der Waals surface area (Å²) in [6, 6.07) is 0. The van der Waals surface area contributed by atoms with Crippen molar-refractivity contribution >= 4 is 5.91 Å². The van der Waals surface area contributed by atoms with E-state index in [4.69, 9.17) is 5.73 Å². The molecule has 2 unspecified atom stereocenters. The maximum Gasteiger partial charge on any atom is 0.226 e. The highest BCUT2D eigenvalue weighted by atomic mass is 16.2. The Hall–Kier alpha value is -0.570. The fraction of sp³-hybridized carbons (Fsp3) is 0.917. The summed E-state index contributed by atoms with van der Waals surface area (Å²) < 4.78 is 0. The Kier molecular flexibility index (Phi) is 4.58. The second-order valence-corrected chi connectivity index (χ2v) is 5.24. The number of amides is 1. The molecule has 0 aromatic rings. The molecule has 2 N–H and O–H groups in total. The molecule has 0 aromatic heterocycles. The number of hydrogen-bond donors (Lipinski definition) is 1. The molecule has 1 fully saturated rings. The first kappa shape index (κ1) is 12.5. The zero-order valence-corrected chi connectivity index (χ0v) is 10.2. The van der Waals surface area contributed by atoms with Crippen molar-refractivity contribution in [3.63, 3.8) is 0 Å². The van der Waals surface area contributed by atoms with Gasteiger partial charge < -0.3 is 10.6 Å².